The summed E-state index contributed by atoms with van der Waals surface area (Å²) >= 11 is 5.59. The second-order valence-corrected chi connectivity index (χ2v) is 3.60. The van der Waals surface area contributed by atoms with E-state index in [0.29, 0.717) is 16.4 Å². The van der Waals surface area contributed by atoms with Crippen molar-refractivity contribution < 1.29 is 17.5 Å². The van der Waals surface area contributed by atoms with Gasteiger partial charge in [-0.2, -0.15) is 8.42 Å². The van der Waals surface area contributed by atoms with Crippen molar-refractivity contribution in [2.45, 2.75) is 0 Å². The highest BCUT2D eigenvalue weighted by Crippen LogP contribution is 2.17. The Bertz CT molecular complexity index is 348. The smallest absolute Gasteiger partial charge is 0.394 e. The molecule has 0 saturated carbocycles. The average Bonchev–Trinajstić information content (AvgIpc) is 1.77. The van der Waals surface area contributed by atoms with Crippen molar-refractivity contribution in [1.29, 1.82) is 0 Å². The number of nitrogen functional groups attached to an aromatic ring is 2. The monoisotopic (exact) mass is 240 g/mol. The molecule has 0 heterocycles. The van der Waals surface area contributed by atoms with Crippen LogP contribution in [0.5, 0.6) is 0 Å². The van der Waals surface area contributed by atoms with Crippen molar-refractivity contribution in [3.05, 3.63) is 23.2 Å². The van der Waals surface area contributed by atoms with E-state index in [0.717, 1.165) is 0 Å². The molecule has 0 radical (unpaired) electrons. The molecular formula is C6H9ClN2O4S. The van der Waals surface area contributed by atoms with Crippen LogP contribution in [0, 0.1) is 0 Å². The molecule has 8 heteroatoms. The molecule has 6 N–H and O–H groups in total. The van der Waals surface area contributed by atoms with Crippen LogP contribution in [0.15, 0.2) is 18.2 Å². The number of hydrogen-bond acceptors (Lipinski definition) is 4. The quantitative estimate of drug-likeness (QED) is 0.393. The fourth-order valence-corrected chi connectivity index (χ4v) is 0.888. The van der Waals surface area contributed by atoms with E-state index in [4.69, 9.17) is 40.6 Å². The van der Waals surface area contributed by atoms with Gasteiger partial charge in [0.15, 0.2) is 0 Å². The summed E-state index contributed by atoms with van der Waals surface area (Å²) in [6, 6.07) is 4.96. The van der Waals surface area contributed by atoms with E-state index < -0.39 is 10.4 Å². The zero-order valence-corrected chi connectivity index (χ0v) is 8.46. The highest BCUT2D eigenvalue weighted by molar-refractivity contribution is 7.79. The third-order valence-corrected chi connectivity index (χ3v) is 1.16. The van der Waals surface area contributed by atoms with Crippen LogP contribution in [0.2, 0.25) is 5.02 Å². The van der Waals surface area contributed by atoms with Crippen molar-refractivity contribution in [2.75, 3.05) is 11.5 Å². The molecule has 80 valence electrons. The molecule has 0 atom stereocenters. The van der Waals surface area contributed by atoms with Crippen LogP contribution in [-0.2, 0) is 10.4 Å². The van der Waals surface area contributed by atoms with E-state index in [1.165, 1.54) is 0 Å². The maximum Gasteiger partial charge on any atom is 0.394 e. The molecule has 0 aromatic heterocycles. The van der Waals surface area contributed by atoms with Gasteiger partial charge in [-0.1, -0.05) is 11.6 Å². The highest BCUT2D eigenvalue weighted by atomic mass is 35.5. The van der Waals surface area contributed by atoms with Gasteiger partial charge in [0.1, 0.15) is 0 Å². The van der Waals surface area contributed by atoms with Crippen LogP contribution in [0.25, 0.3) is 0 Å². The third-order valence-electron chi connectivity index (χ3n) is 0.942. The Labute approximate surface area is 86.1 Å². The molecule has 0 aliphatic rings. The van der Waals surface area contributed by atoms with Gasteiger partial charge < -0.3 is 11.5 Å². The second kappa shape index (κ2) is 5.01. The van der Waals surface area contributed by atoms with Crippen LogP contribution < -0.4 is 11.5 Å². The average molecular weight is 241 g/mol. The topological polar surface area (TPSA) is 127 Å². The van der Waals surface area contributed by atoms with E-state index in [1.54, 1.807) is 18.2 Å². The molecular weight excluding hydrogens is 232 g/mol. The first-order chi connectivity index (χ1) is 6.18. The number of rotatable bonds is 0. The fourth-order valence-electron chi connectivity index (χ4n) is 0.636. The lowest BCUT2D eigenvalue weighted by molar-refractivity contribution is 0.381. The third kappa shape index (κ3) is 9.07. The minimum absolute atomic E-state index is 0.576. The molecule has 0 amide bonds. The Morgan fingerprint density at radius 2 is 1.36 bits per heavy atom. The van der Waals surface area contributed by atoms with Crippen LogP contribution in [0.1, 0.15) is 0 Å². The highest BCUT2D eigenvalue weighted by Gasteiger charge is 1.90. The van der Waals surface area contributed by atoms with E-state index in [9.17, 15) is 0 Å². The van der Waals surface area contributed by atoms with Crippen molar-refractivity contribution in [3.8, 4) is 0 Å². The van der Waals surface area contributed by atoms with Gasteiger partial charge in [-0.15, -0.1) is 0 Å². The van der Waals surface area contributed by atoms with Gasteiger partial charge in [-0.25, -0.2) is 0 Å². The predicted octanol–water partition coefficient (Wildman–Crippen LogP) is 0.852. The Morgan fingerprint density at radius 3 is 1.57 bits per heavy atom. The summed E-state index contributed by atoms with van der Waals surface area (Å²) in [5, 5.41) is 0.576. The molecule has 0 spiro atoms. The van der Waals surface area contributed by atoms with Gasteiger partial charge in [0.2, 0.25) is 0 Å². The summed E-state index contributed by atoms with van der Waals surface area (Å²) in [5.74, 6) is 0. The van der Waals surface area contributed by atoms with Crippen LogP contribution >= 0.6 is 11.6 Å². The van der Waals surface area contributed by atoms with Gasteiger partial charge in [-0.05, 0) is 18.2 Å². The predicted molar refractivity (Wildman–Crippen MR) is 54.5 cm³/mol. The Kier molecular flexibility index (Phi) is 4.64. The minimum atomic E-state index is -4.67. The van der Waals surface area contributed by atoms with Crippen LogP contribution in [0.3, 0.4) is 0 Å². The van der Waals surface area contributed by atoms with E-state index in [1.807, 2.05) is 0 Å². The Balaban J connectivity index is 0.000000292. The largest absolute Gasteiger partial charge is 0.399 e. The molecule has 14 heavy (non-hydrogen) atoms. The molecule has 0 fully saturated rings. The standard InChI is InChI=1S/C6H7ClN2.H2O4S/c7-4-1-5(8)3-6(9)2-4;1-5(2,3)4/h1-3H,8-9H2;(H2,1,2,3,4). The summed E-state index contributed by atoms with van der Waals surface area (Å²) in [5.41, 5.74) is 12.0. The summed E-state index contributed by atoms with van der Waals surface area (Å²) in [6.07, 6.45) is 0. The van der Waals surface area contributed by atoms with Gasteiger partial charge in [0.05, 0.1) is 0 Å². The molecule has 1 aromatic carbocycles. The molecule has 0 bridgehead atoms. The maximum atomic E-state index is 8.74. The molecule has 6 nitrogen and oxygen atoms in total. The normalized spacial score (nSPS) is 10.2. The Morgan fingerprint density at radius 1 is 1.07 bits per heavy atom. The van der Waals surface area contributed by atoms with Crippen LogP contribution in [0.4, 0.5) is 11.4 Å². The van der Waals surface area contributed by atoms with Gasteiger partial charge in [0, 0.05) is 16.4 Å². The van der Waals surface area contributed by atoms with Crippen molar-refractivity contribution in [1.82, 2.24) is 0 Å². The molecule has 0 aliphatic heterocycles. The summed E-state index contributed by atoms with van der Waals surface area (Å²) in [7, 11) is -4.67. The molecule has 0 unspecified atom stereocenters. The zero-order valence-electron chi connectivity index (χ0n) is 6.88. The molecule has 1 aromatic rings. The van der Waals surface area contributed by atoms with Crippen molar-refractivity contribution >= 4 is 33.4 Å². The number of halogens is 1. The SMILES string of the molecule is Nc1cc(N)cc(Cl)c1.O=S(=O)(O)O. The second-order valence-electron chi connectivity index (χ2n) is 2.27. The maximum absolute atomic E-state index is 8.74. The van der Waals surface area contributed by atoms with Crippen molar-refractivity contribution in [2.24, 2.45) is 0 Å². The summed E-state index contributed by atoms with van der Waals surface area (Å²) < 4.78 is 31.6. The number of hydrogen-bond donors (Lipinski definition) is 4. The minimum Gasteiger partial charge on any atom is -0.399 e. The van der Waals surface area contributed by atoms with Crippen molar-refractivity contribution in [3.63, 3.8) is 0 Å². The van der Waals surface area contributed by atoms with E-state index >= 15 is 0 Å². The zero-order chi connectivity index (χ0) is 11.4. The number of anilines is 2. The summed E-state index contributed by atoms with van der Waals surface area (Å²) in [4.78, 5) is 0. The van der Waals surface area contributed by atoms with E-state index in [-0.39, 0.29) is 0 Å². The first kappa shape index (κ1) is 13.0. The summed E-state index contributed by atoms with van der Waals surface area (Å²) in [6.45, 7) is 0. The van der Waals surface area contributed by atoms with Gasteiger partial charge >= 0.3 is 10.4 Å². The molecule has 0 aliphatic carbocycles. The van der Waals surface area contributed by atoms with Gasteiger partial charge in [0.25, 0.3) is 0 Å². The van der Waals surface area contributed by atoms with Gasteiger partial charge in [-0.3, -0.25) is 9.11 Å². The lowest BCUT2D eigenvalue weighted by atomic mass is 10.3. The first-order valence-corrected chi connectivity index (χ1v) is 4.97. The molecule has 1 rings (SSSR count). The number of benzene rings is 1. The number of nitrogens with two attached hydrogens (primary N) is 2. The van der Waals surface area contributed by atoms with Crippen LogP contribution in [-0.4, -0.2) is 17.5 Å². The van der Waals surface area contributed by atoms with E-state index in [2.05, 4.69) is 0 Å². The Hall–Kier alpha value is -1.02. The first-order valence-electron chi connectivity index (χ1n) is 3.20. The molecule has 0 saturated heterocycles. The lowest BCUT2D eigenvalue weighted by Crippen LogP contribution is -1.89. The lowest BCUT2D eigenvalue weighted by Gasteiger charge is -1.95. The fraction of sp³-hybridized carbons (Fsp3) is 0.